The Hall–Kier alpha value is -1.73. The van der Waals surface area contributed by atoms with E-state index in [4.69, 9.17) is 15.9 Å². The van der Waals surface area contributed by atoms with Crippen molar-refractivity contribution in [2.45, 2.75) is 129 Å². The van der Waals surface area contributed by atoms with E-state index >= 15 is 0 Å². The molecule has 200 valence electrons. The molecule has 0 saturated carbocycles. The number of unbranched alkanes of at least 4 members (excludes halogenated alkanes) is 11. The molecule has 2 unspecified atom stereocenters. The summed E-state index contributed by atoms with van der Waals surface area (Å²) < 4.78 is 0. The molecule has 0 spiro atoms. The number of Topliss-reactive ketones (excluding diaryl/α,β-unsaturated/α-hetero) is 1. The minimum atomic E-state index is -1.23. The van der Waals surface area contributed by atoms with E-state index in [1.165, 1.54) is 71.1 Å². The first-order valence-corrected chi connectivity index (χ1v) is 13.3. The number of rotatable bonds is 21. The van der Waals surface area contributed by atoms with Gasteiger partial charge in [-0.1, -0.05) is 77.4 Å². The van der Waals surface area contributed by atoms with Crippen LogP contribution >= 0.6 is 0 Å². The topological polar surface area (TPSA) is 121 Å². The molecule has 0 aromatic heterocycles. The van der Waals surface area contributed by atoms with E-state index in [0.717, 1.165) is 25.7 Å². The molecule has 0 heterocycles. The van der Waals surface area contributed by atoms with Gasteiger partial charge in [0.2, 0.25) is 5.91 Å². The SMILES string of the molecule is CC(O)C(=O)O.CCCCCCCC/C=C\CCCCCCCC(=O)C(C(N)=O)N(C)CCC. The largest absolute Gasteiger partial charge is 0.479 e. The molecule has 0 rings (SSSR count). The normalized spacial score (nSPS) is 12.9. The Kier molecular flexibility index (Phi) is 24.7. The molecule has 0 saturated heterocycles. The lowest BCUT2D eigenvalue weighted by atomic mass is 10.0. The number of amides is 1. The summed E-state index contributed by atoms with van der Waals surface area (Å²) in [5, 5.41) is 15.8. The first kappa shape index (κ1) is 34.4. The molecule has 0 bridgehead atoms. The maximum absolute atomic E-state index is 12.3. The van der Waals surface area contributed by atoms with Crippen LogP contribution in [0.2, 0.25) is 0 Å². The number of hydrogen-bond donors (Lipinski definition) is 3. The quantitative estimate of drug-likeness (QED) is 0.116. The van der Waals surface area contributed by atoms with E-state index in [9.17, 15) is 14.4 Å². The Morgan fingerprint density at radius 1 is 0.824 bits per heavy atom. The van der Waals surface area contributed by atoms with Crippen molar-refractivity contribution in [2.24, 2.45) is 5.73 Å². The Labute approximate surface area is 208 Å². The molecular weight excluding hydrogens is 432 g/mol. The number of aliphatic hydroxyl groups is 1. The van der Waals surface area contributed by atoms with E-state index in [-0.39, 0.29) is 5.78 Å². The summed E-state index contributed by atoms with van der Waals surface area (Å²) in [5.41, 5.74) is 5.42. The highest BCUT2D eigenvalue weighted by Crippen LogP contribution is 2.11. The monoisotopic (exact) mass is 484 g/mol. The van der Waals surface area contributed by atoms with Crippen molar-refractivity contribution >= 4 is 17.7 Å². The van der Waals surface area contributed by atoms with Crippen LogP contribution in [0, 0.1) is 0 Å². The van der Waals surface area contributed by atoms with E-state index < -0.39 is 24.0 Å². The number of nitrogens with two attached hydrogens (primary N) is 1. The number of aliphatic hydroxyl groups excluding tert-OH is 1. The second-order valence-corrected chi connectivity index (χ2v) is 9.10. The zero-order chi connectivity index (χ0) is 26.2. The minimum absolute atomic E-state index is 0.0268. The Morgan fingerprint density at radius 2 is 1.26 bits per heavy atom. The molecule has 4 N–H and O–H groups in total. The number of allylic oxidation sites excluding steroid dienone is 2. The lowest BCUT2D eigenvalue weighted by Gasteiger charge is -2.23. The predicted molar refractivity (Wildman–Crippen MR) is 140 cm³/mol. The van der Waals surface area contributed by atoms with E-state index in [1.807, 2.05) is 6.92 Å². The standard InChI is InChI=1S/C24H46N2O2.C3H6O3/c1-4-6-7-8-9-10-11-12-13-14-15-16-17-18-19-20-22(27)23(24(25)28)26(3)21-5-2;1-2(4)3(5)6/h12-13,23H,4-11,14-21H2,1-3H3,(H2,25,28);2,4H,1H3,(H,5,6)/b13-12-;. The molecule has 34 heavy (non-hydrogen) atoms. The zero-order valence-corrected chi connectivity index (χ0v) is 22.3. The van der Waals surface area contributed by atoms with Crippen LogP contribution in [0.3, 0.4) is 0 Å². The van der Waals surface area contributed by atoms with Crippen molar-refractivity contribution in [1.29, 1.82) is 0 Å². The number of carboxylic acid groups (broad SMARTS) is 1. The van der Waals surface area contributed by atoms with Gasteiger partial charge in [-0.05, 0) is 59.0 Å². The average molecular weight is 485 g/mol. The van der Waals surface area contributed by atoms with Gasteiger partial charge in [0.1, 0.15) is 12.1 Å². The number of aliphatic carboxylic acids is 1. The van der Waals surface area contributed by atoms with Gasteiger partial charge in [0.15, 0.2) is 5.78 Å². The van der Waals surface area contributed by atoms with Crippen LogP contribution in [0.4, 0.5) is 0 Å². The van der Waals surface area contributed by atoms with Gasteiger partial charge < -0.3 is 15.9 Å². The van der Waals surface area contributed by atoms with Crippen LogP contribution in [0.5, 0.6) is 0 Å². The third-order valence-corrected chi connectivity index (χ3v) is 5.63. The molecule has 1 amide bonds. The van der Waals surface area contributed by atoms with Gasteiger partial charge in [-0.25, -0.2) is 4.79 Å². The molecule has 0 aromatic carbocycles. The smallest absolute Gasteiger partial charge is 0.332 e. The Bertz CT molecular complexity index is 549. The predicted octanol–water partition coefficient (Wildman–Crippen LogP) is 5.24. The lowest BCUT2D eigenvalue weighted by Crippen LogP contribution is -2.48. The molecule has 2 atom stereocenters. The fourth-order valence-corrected chi connectivity index (χ4v) is 3.61. The fraction of sp³-hybridized carbons (Fsp3) is 0.815. The van der Waals surface area contributed by atoms with Crippen LogP contribution in [0.25, 0.3) is 0 Å². The first-order chi connectivity index (χ1) is 16.2. The van der Waals surface area contributed by atoms with Crippen molar-refractivity contribution in [3.05, 3.63) is 12.2 Å². The maximum atomic E-state index is 12.3. The third-order valence-electron chi connectivity index (χ3n) is 5.63. The van der Waals surface area contributed by atoms with Gasteiger partial charge in [-0.15, -0.1) is 0 Å². The maximum Gasteiger partial charge on any atom is 0.332 e. The number of hydrogen-bond acceptors (Lipinski definition) is 5. The van der Waals surface area contributed by atoms with Gasteiger partial charge in [0.05, 0.1) is 0 Å². The second-order valence-electron chi connectivity index (χ2n) is 9.10. The molecule has 7 nitrogen and oxygen atoms in total. The molecule has 0 aromatic rings. The van der Waals surface area contributed by atoms with Gasteiger partial charge in [-0.2, -0.15) is 0 Å². The van der Waals surface area contributed by atoms with Crippen LogP contribution in [0.15, 0.2) is 12.2 Å². The summed E-state index contributed by atoms with van der Waals surface area (Å²) in [4.78, 5) is 35.1. The number of primary amides is 1. The van der Waals surface area contributed by atoms with Crippen LogP contribution in [-0.2, 0) is 14.4 Å². The minimum Gasteiger partial charge on any atom is -0.479 e. The molecule has 0 aliphatic heterocycles. The highest BCUT2D eigenvalue weighted by molar-refractivity contribution is 6.04. The van der Waals surface area contributed by atoms with Crippen molar-refractivity contribution in [2.75, 3.05) is 13.6 Å². The fourth-order valence-electron chi connectivity index (χ4n) is 3.61. The molecular formula is C27H52N2O5. The van der Waals surface area contributed by atoms with Gasteiger partial charge >= 0.3 is 5.97 Å². The van der Waals surface area contributed by atoms with E-state index in [0.29, 0.717) is 13.0 Å². The molecule has 0 aliphatic rings. The van der Waals surface area contributed by atoms with Crippen LogP contribution in [0.1, 0.15) is 117 Å². The molecule has 0 radical (unpaired) electrons. The van der Waals surface area contributed by atoms with Crippen LogP contribution < -0.4 is 5.73 Å². The Balaban J connectivity index is 0. The highest BCUT2D eigenvalue weighted by atomic mass is 16.4. The number of carbonyl (C=O) groups excluding carboxylic acids is 2. The first-order valence-electron chi connectivity index (χ1n) is 13.3. The number of likely N-dealkylation sites (N-methyl/N-ethyl adjacent to an activating group) is 1. The second kappa shape index (κ2) is 24.4. The molecule has 7 heteroatoms. The van der Waals surface area contributed by atoms with E-state index in [1.54, 1.807) is 11.9 Å². The van der Waals surface area contributed by atoms with Crippen molar-refractivity contribution < 1.29 is 24.6 Å². The Morgan fingerprint density at radius 3 is 1.68 bits per heavy atom. The summed E-state index contributed by atoms with van der Waals surface area (Å²) in [6.45, 7) is 6.20. The number of carboxylic acids is 1. The zero-order valence-electron chi connectivity index (χ0n) is 22.3. The summed E-state index contributed by atoms with van der Waals surface area (Å²) in [6.07, 6.45) is 20.9. The number of ketones is 1. The molecule has 0 aliphatic carbocycles. The number of carbonyl (C=O) groups is 3. The van der Waals surface area contributed by atoms with Crippen molar-refractivity contribution in [3.63, 3.8) is 0 Å². The van der Waals surface area contributed by atoms with Crippen molar-refractivity contribution in [1.82, 2.24) is 4.90 Å². The lowest BCUT2D eigenvalue weighted by molar-refractivity contribution is -0.145. The van der Waals surface area contributed by atoms with Gasteiger partial charge in [0.25, 0.3) is 0 Å². The summed E-state index contributed by atoms with van der Waals surface area (Å²) in [5.74, 6) is -1.73. The summed E-state index contributed by atoms with van der Waals surface area (Å²) in [6, 6.07) is -0.753. The van der Waals surface area contributed by atoms with Gasteiger partial charge in [0, 0.05) is 6.42 Å². The number of nitrogens with zero attached hydrogens (tertiary/aromatic N) is 1. The summed E-state index contributed by atoms with van der Waals surface area (Å²) in [7, 11) is 1.80. The van der Waals surface area contributed by atoms with Crippen LogP contribution in [-0.4, -0.2) is 58.5 Å². The average Bonchev–Trinajstić information content (AvgIpc) is 2.76. The van der Waals surface area contributed by atoms with Crippen molar-refractivity contribution in [3.8, 4) is 0 Å². The third kappa shape index (κ3) is 22.1. The van der Waals surface area contributed by atoms with E-state index in [2.05, 4.69) is 19.1 Å². The summed E-state index contributed by atoms with van der Waals surface area (Å²) >= 11 is 0. The highest BCUT2D eigenvalue weighted by Gasteiger charge is 2.27. The van der Waals surface area contributed by atoms with Gasteiger partial charge in [-0.3, -0.25) is 14.5 Å². The molecule has 0 fully saturated rings.